The first-order valence-electron chi connectivity index (χ1n) is 11.5. The molecule has 0 N–H and O–H groups in total. The van der Waals surface area contributed by atoms with Crippen LogP contribution in [-0.4, -0.2) is 37.3 Å². The second kappa shape index (κ2) is 18.5. The molecular weight excluding hydrogens is 370 g/mol. The van der Waals surface area contributed by atoms with Gasteiger partial charge in [-0.25, -0.2) is 4.79 Å². The molecule has 0 amide bonds. The molecule has 4 heteroatoms. The number of hydrogen-bond donors (Lipinski definition) is 0. The maximum Gasteiger partial charge on any atom is 0.337 e. The summed E-state index contributed by atoms with van der Waals surface area (Å²) in [7, 11) is 4.28. The first kappa shape index (κ1) is 29.7. The number of hydrogen-bond acceptors (Lipinski definition) is 2. The maximum atomic E-state index is 11.7. The lowest BCUT2D eigenvalue weighted by molar-refractivity contribution is -0.932. The lowest BCUT2D eigenvalue weighted by Crippen LogP contribution is -3.00. The monoisotopic (exact) mass is 417 g/mol. The summed E-state index contributed by atoms with van der Waals surface area (Å²) in [5.41, 5.74) is 0.471. The third-order valence-electron chi connectivity index (χ3n) is 5.70. The Bertz CT molecular complexity index is 396. The molecule has 0 aromatic carbocycles. The van der Waals surface area contributed by atoms with Crippen molar-refractivity contribution in [3.63, 3.8) is 0 Å². The quantitative estimate of drug-likeness (QED) is 0.111. The van der Waals surface area contributed by atoms with E-state index in [0.29, 0.717) is 5.57 Å². The Morgan fingerprint density at radius 3 is 1.54 bits per heavy atom. The van der Waals surface area contributed by atoms with E-state index in [1.807, 2.05) is 6.92 Å². The highest BCUT2D eigenvalue weighted by atomic mass is 35.5. The molecule has 0 aliphatic rings. The number of esters is 1. The number of nitrogens with zero attached hydrogens (tertiary/aromatic N) is 1. The van der Waals surface area contributed by atoms with Crippen LogP contribution in [0.1, 0.15) is 111 Å². The molecule has 0 rings (SSSR count). The van der Waals surface area contributed by atoms with Crippen molar-refractivity contribution in [1.82, 2.24) is 0 Å². The van der Waals surface area contributed by atoms with E-state index in [-0.39, 0.29) is 24.6 Å². The van der Waals surface area contributed by atoms with Gasteiger partial charge in [0.15, 0.2) is 0 Å². The molecule has 0 saturated heterocycles. The highest BCUT2D eigenvalue weighted by Crippen LogP contribution is 2.15. The first-order chi connectivity index (χ1) is 12.8. The summed E-state index contributed by atoms with van der Waals surface area (Å²) in [6, 6.07) is 0. The molecule has 0 aromatic rings. The molecule has 0 fully saturated rings. The van der Waals surface area contributed by atoms with Gasteiger partial charge in [-0.15, -0.1) is 0 Å². The van der Waals surface area contributed by atoms with Gasteiger partial charge < -0.3 is 17.1 Å². The SMILES string of the molecule is C=C(C)C(=O)OC(C)[N+](C)(C)CCCCCCCCCCCCCCCC.[Cl-]. The Morgan fingerprint density at radius 2 is 1.18 bits per heavy atom. The van der Waals surface area contributed by atoms with Crippen LogP contribution in [0.5, 0.6) is 0 Å². The van der Waals surface area contributed by atoms with Crippen LogP contribution in [0, 0.1) is 0 Å². The van der Waals surface area contributed by atoms with Gasteiger partial charge in [0, 0.05) is 12.5 Å². The molecule has 0 heterocycles. The zero-order chi connectivity index (χ0) is 20.5. The van der Waals surface area contributed by atoms with Gasteiger partial charge in [-0.1, -0.05) is 90.6 Å². The van der Waals surface area contributed by atoms with Crippen LogP contribution < -0.4 is 12.4 Å². The average molecular weight is 418 g/mol. The molecule has 28 heavy (non-hydrogen) atoms. The number of ether oxygens (including phenoxy) is 1. The van der Waals surface area contributed by atoms with Gasteiger partial charge in [0.1, 0.15) is 0 Å². The molecule has 0 radical (unpaired) electrons. The number of quaternary nitrogens is 1. The van der Waals surface area contributed by atoms with Gasteiger partial charge in [-0.05, 0) is 19.8 Å². The normalized spacial score (nSPS) is 12.3. The smallest absolute Gasteiger partial charge is 0.337 e. The Balaban J connectivity index is 0. The van der Waals surface area contributed by atoms with Gasteiger partial charge in [0.05, 0.1) is 20.6 Å². The predicted octanol–water partition coefficient (Wildman–Crippen LogP) is 4.01. The topological polar surface area (TPSA) is 26.3 Å². The van der Waals surface area contributed by atoms with Crippen LogP contribution in [-0.2, 0) is 9.53 Å². The van der Waals surface area contributed by atoms with E-state index < -0.39 is 0 Å². The summed E-state index contributed by atoms with van der Waals surface area (Å²) in [6.07, 6.45) is 19.2. The predicted molar refractivity (Wildman–Crippen MR) is 118 cm³/mol. The molecule has 168 valence electrons. The molecule has 0 aromatic heterocycles. The minimum Gasteiger partial charge on any atom is -1.00 e. The number of carbonyl (C=O) groups excluding carboxylic acids is 1. The van der Waals surface area contributed by atoms with E-state index in [9.17, 15) is 4.79 Å². The standard InChI is InChI=1S/C24H48NO2.ClH/c1-7-8-9-10-11-12-13-14-15-16-17-18-19-20-21-25(5,6)23(4)27-24(26)22(2)3;/h23H,2,7-21H2,1,3-6H3;1H/q+1;/p-1. The Kier molecular flexibility index (Phi) is 19.6. The second-order valence-electron chi connectivity index (χ2n) is 8.88. The summed E-state index contributed by atoms with van der Waals surface area (Å²) in [4.78, 5) is 11.7. The van der Waals surface area contributed by atoms with Crippen LogP contribution >= 0.6 is 0 Å². The maximum absolute atomic E-state index is 11.7. The minimum absolute atomic E-state index is 0. The molecule has 0 saturated carbocycles. The molecule has 0 spiro atoms. The van der Waals surface area contributed by atoms with Crippen molar-refractivity contribution in [3.05, 3.63) is 12.2 Å². The number of rotatable bonds is 18. The van der Waals surface area contributed by atoms with Gasteiger partial charge in [-0.2, -0.15) is 0 Å². The molecule has 1 unspecified atom stereocenters. The third-order valence-corrected chi connectivity index (χ3v) is 5.70. The molecule has 1 atom stereocenters. The highest BCUT2D eigenvalue weighted by molar-refractivity contribution is 5.86. The minimum atomic E-state index is -0.283. The van der Waals surface area contributed by atoms with Gasteiger partial charge in [0.2, 0.25) is 6.23 Å². The number of carbonyl (C=O) groups is 1. The van der Waals surface area contributed by atoms with E-state index in [4.69, 9.17) is 4.74 Å². The van der Waals surface area contributed by atoms with Crippen molar-refractivity contribution in [1.29, 1.82) is 0 Å². The van der Waals surface area contributed by atoms with Crippen molar-refractivity contribution >= 4 is 5.97 Å². The molecule has 0 aliphatic carbocycles. The summed E-state index contributed by atoms with van der Waals surface area (Å²) in [6.45, 7) is 10.6. The van der Waals surface area contributed by atoms with Gasteiger partial charge in [0.25, 0.3) is 0 Å². The lowest BCUT2D eigenvalue weighted by atomic mass is 10.0. The Hall–Kier alpha value is -0.540. The van der Waals surface area contributed by atoms with Crippen LogP contribution in [0.3, 0.4) is 0 Å². The van der Waals surface area contributed by atoms with Crippen molar-refractivity contribution in [2.75, 3.05) is 20.6 Å². The van der Waals surface area contributed by atoms with Crippen molar-refractivity contribution in [3.8, 4) is 0 Å². The van der Waals surface area contributed by atoms with Crippen LogP contribution in [0.25, 0.3) is 0 Å². The largest absolute Gasteiger partial charge is 1.00 e. The van der Waals surface area contributed by atoms with Crippen LogP contribution in [0.15, 0.2) is 12.2 Å². The fourth-order valence-corrected chi connectivity index (χ4v) is 3.29. The van der Waals surface area contributed by atoms with Crippen LogP contribution in [0.2, 0.25) is 0 Å². The van der Waals surface area contributed by atoms with E-state index in [1.165, 1.54) is 89.9 Å². The van der Waals surface area contributed by atoms with E-state index in [1.54, 1.807) is 6.92 Å². The lowest BCUT2D eigenvalue weighted by Gasteiger charge is -2.35. The first-order valence-corrected chi connectivity index (χ1v) is 11.5. The zero-order valence-corrected chi connectivity index (χ0v) is 20.3. The average Bonchev–Trinajstić information content (AvgIpc) is 2.61. The summed E-state index contributed by atoms with van der Waals surface area (Å²) in [5.74, 6) is -0.283. The third kappa shape index (κ3) is 16.4. The van der Waals surface area contributed by atoms with Crippen molar-refractivity contribution in [2.45, 2.75) is 117 Å². The van der Waals surface area contributed by atoms with Crippen molar-refractivity contribution < 1.29 is 26.4 Å². The van der Waals surface area contributed by atoms with Crippen molar-refractivity contribution in [2.24, 2.45) is 0 Å². The fourth-order valence-electron chi connectivity index (χ4n) is 3.29. The second-order valence-corrected chi connectivity index (χ2v) is 8.88. The molecule has 0 aliphatic heterocycles. The molecule has 0 bridgehead atoms. The van der Waals surface area contributed by atoms with E-state index in [2.05, 4.69) is 27.6 Å². The van der Waals surface area contributed by atoms with E-state index in [0.717, 1.165) is 11.0 Å². The zero-order valence-electron chi connectivity index (χ0n) is 19.5. The fraction of sp³-hybridized carbons (Fsp3) is 0.875. The Morgan fingerprint density at radius 1 is 0.821 bits per heavy atom. The highest BCUT2D eigenvalue weighted by Gasteiger charge is 2.26. The van der Waals surface area contributed by atoms with Crippen LogP contribution in [0.4, 0.5) is 0 Å². The molecule has 3 nitrogen and oxygen atoms in total. The van der Waals surface area contributed by atoms with Gasteiger partial charge in [-0.3, -0.25) is 4.48 Å². The summed E-state index contributed by atoms with van der Waals surface area (Å²) >= 11 is 0. The molecular formula is C24H48ClNO2. The summed E-state index contributed by atoms with van der Waals surface area (Å²) in [5, 5.41) is 0. The summed E-state index contributed by atoms with van der Waals surface area (Å²) < 4.78 is 6.20. The van der Waals surface area contributed by atoms with Gasteiger partial charge >= 0.3 is 5.97 Å². The van der Waals surface area contributed by atoms with E-state index >= 15 is 0 Å². The number of unbranched alkanes of at least 4 members (excludes halogenated alkanes) is 13. The number of halogens is 1. The Labute approximate surface area is 182 Å².